The monoisotopic (exact) mass is 435 g/mol. The molecule has 1 aromatic carbocycles. The maximum absolute atomic E-state index is 13.5. The number of fused-ring (bicyclic) bond motifs is 1. The summed E-state index contributed by atoms with van der Waals surface area (Å²) in [4.78, 5) is 32.9. The van der Waals surface area contributed by atoms with Crippen LogP contribution in [-0.4, -0.2) is 40.6 Å². The lowest BCUT2D eigenvalue weighted by Gasteiger charge is -2.33. The molecule has 0 aliphatic carbocycles. The van der Waals surface area contributed by atoms with E-state index in [-0.39, 0.29) is 23.4 Å². The summed E-state index contributed by atoms with van der Waals surface area (Å²) in [6, 6.07) is 4.74. The molecule has 0 saturated heterocycles. The third-order valence-electron chi connectivity index (χ3n) is 5.69. The Balaban J connectivity index is 2.46. The van der Waals surface area contributed by atoms with E-state index in [0.29, 0.717) is 34.9 Å². The van der Waals surface area contributed by atoms with Gasteiger partial charge in [0.1, 0.15) is 5.82 Å². The summed E-state index contributed by atoms with van der Waals surface area (Å²) in [5.41, 5.74) is 0.413. The molecule has 2 unspecified atom stereocenters. The highest BCUT2D eigenvalue weighted by Crippen LogP contribution is 2.25. The average molecular weight is 436 g/mol. The van der Waals surface area contributed by atoms with Gasteiger partial charge < -0.3 is 9.64 Å². The Labute approximate surface area is 184 Å². The first-order valence-corrected chi connectivity index (χ1v) is 11.2. The molecular weight excluding hydrogens is 402 g/mol. The van der Waals surface area contributed by atoms with Crippen LogP contribution in [0.2, 0.25) is 5.02 Å². The zero-order chi connectivity index (χ0) is 22.3. The standard InChI is InChI=1S/C23H34ClN3O3/c1-6-8-10-17(7-2)22(28)27(13-9-14-30-5)16(3)21-25-20-15-18(24)11-12-19(20)23(29)26(21)4/h11-12,15-17H,6-10,13-14H2,1-5H3. The first-order chi connectivity index (χ1) is 14.3. The van der Waals surface area contributed by atoms with Gasteiger partial charge in [-0.2, -0.15) is 0 Å². The van der Waals surface area contributed by atoms with Crippen LogP contribution in [0.5, 0.6) is 0 Å². The van der Waals surface area contributed by atoms with Crippen molar-refractivity contribution in [3.8, 4) is 0 Å². The van der Waals surface area contributed by atoms with Crippen molar-refractivity contribution in [3.63, 3.8) is 0 Å². The van der Waals surface area contributed by atoms with Gasteiger partial charge in [-0.3, -0.25) is 14.2 Å². The van der Waals surface area contributed by atoms with Crippen LogP contribution in [0.25, 0.3) is 10.9 Å². The normalized spacial score (nSPS) is 13.4. The minimum atomic E-state index is -0.342. The molecule has 2 aromatic rings. The quantitative estimate of drug-likeness (QED) is 0.478. The molecule has 0 N–H and O–H groups in total. The first-order valence-electron chi connectivity index (χ1n) is 10.8. The Morgan fingerprint density at radius 1 is 1.30 bits per heavy atom. The van der Waals surface area contributed by atoms with Gasteiger partial charge in [0.15, 0.2) is 0 Å². The molecular formula is C23H34ClN3O3. The lowest BCUT2D eigenvalue weighted by molar-refractivity contribution is -0.138. The van der Waals surface area contributed by atoms with E-state index >= 15 is 0 Å². The Kier molecular flexibility index (Phi) is 9.31. The van der Waals surface area contributed by atoms with E-state index in [1.54, 1.807) is 36.9 Å². The molecule has 0 fully saturated rings. The maximum Gasteiger partial charge on any atom is 0.261 e. The molecule has 166 valence electrons. The number of hydrogen-bond acceptors (Lipinski definition) is 4. The molecule has 0 radical (unpaired) electrons. The van der Waals surface area contributed by atoms with Crippen LogP contribution in [0.1, 0.15) is 64.7 Å². The molecule has 7 heteroatoms. The second kappa shape index (κ2) is 11.5. The van der Waals surface area contributed by atoms with Crippen molar-refractivity contribution in [3.05, 3.63) is 39.4 Å². The summed E-state index contributed by atoms with van der Waals surface area (Å²) in [5, 5.41) is 1.05. The molecule has 1 aromatic heterocycles. The first kappa shape index (κ1) is 24.4. The number of halogens is 1. The molecule has 6 nitrogen and oxygen atoms in total. The number of methoxy groups -OCH3 is 1. The largest absolute Gasteiger partial charge is 0.385 e. The second-order valence-electron chi connectivity index (χ2n) is 7.80. The molecule has 2 atom stereocenters. The number of benzene rings is 1. The van der Waals surface area contributed by atoms with Gasteiger partial charge in [0.2, 0.25) is 5.91 Å². The van der Waals surface area contributed by atoms with E-state index in [9.17, 15) is 9.59 Å². The van der Waals surface area contributed by atoms with Crippen molar-refractivity contribution in [2.45, 2.75) is 58.9 Å². The topological polar surface area (TPSA) is 64.4 Å². The molecule has 0 bridgehead atoms. The van der Waals surface area contributed by atoms with Gasteiger partial charge in [-0.15, -0.1) is 0 Å². The fourth-order valence-corrected chi connectivity index (χ4v) is 4.00. The van der Waals surface area contributed by atoms with Crippen LogP contribution in [0.4, 0.5) is 0 Å². The van der Waals surface area contributed by atoms with Crippen LogP contribution in [0.3, 0.4) is 0 Å². The summed E-state index contributed by atoms with van der Waals surface area (Å²) in [6.07, 6.45) is 4.48. The Morgan fingerprint density at radius 2 is 2.03 bits per heavy atom. The molecule has 0 aliphatic heterocycles. The van der Waals surface area contributed by atoms with E-state index in [4.69, 9.17) is 21.3 Å². The van der Waals surface area contributed by atoms with Gasteiger partial charge in [-0.1, -0.05) is 38.3 Å². The number of amides is 1. The zero-order valence-electron chi connectivity index (χ0n) is 18.8. The van der Waals surface area contributed by atoms with Crippen molar-refractivity contribution in [1.29, 1.82) is 0 Å². The summed E-state index contributed by atoms with van der Waals surface area (Å²) in [6.45, 7) is 7.26. The molecule has 2 rings (SSSR count). The second-order valence-corrected chi connectivity index (χ2v) is 8.23. The number of hydrogen-bond donors (Lipinski definition) is 0. The fraction of sp³-hybridized carbons (Fsp3) is 0.609. The summed E-state index contributed by atoms with van der Waals surface area (Å²) in [5.74, 6) is 0.655. The smallest absolute Gasteiger partial charge is 0.261 e. The SMILES string of the molecule is CCCCC(CC)C(=O)N(CCCOC)C(C)c1nc2cc(Cl)ccc2c(=O)n1C. The van der Waals surface area contributed by atoms with Gasteiger partial charge in [0.25, 0.3) is 5.56 Å². The number of carbonyl (C=O) groups excluding carboxylic acids is 1. The van der Waals surface area contributed by atoms with Gasteiger partial charge >= 0.3 is 0 Å². The van der Waals surface area contributed by atoms with Crippen molar-refractivity contribution in [2.75, 3.05) is 20.3 Å². The van der Waals surface area contributed by atoms with Gasteiger partial charge in [-0.05, 0) is 44.4 Å². The zero-order valence-corrected chi connectivity index (χ0v) is 19.5. The summed E-state index contributed by atoms with van der Waals surface area (Å²) in [7, 11) is 3.37. The number of aromatic nitrogens is 2. The number of rotatable bonds is 11. The van der Waals surface area contributed by atoms with E-state index in [1.165, 1.54) is 0 Å². The van der Waals surface area contributed by atoms with Gasteiger partial charge in [0, 0.05) is 38.2 Å². The fourth-order valence-electron chi connectivity index (χ4n) is 3.84. The highest BCUT2D eigenvalue weighted by Gasteiger charge is 2.29. The van der Waals surface area contributed by atoms with E-state index in [1.807, 2.05) is 11.8 Å². The number of ether oxygens (including phenoxy) is 1. The average Bonchev–Trinajstić information content (AvgIpc) is 2.73. The van der Waals surface area contributed by atoms with E-state index < -0.39 is 0 Å². The molecule has 1 heterocycles. The molecule has 0 aliphatic rings. The van der Waals surface area contributed by atoms with Crippen molar-refractivity contribution in [1.82, 2.24) is 14.5 Å². The number of carbonyl (C=O) groups is 1. The number of unbranched alkanes of at least 4 members (excludes halogenated alkanes) is 1. The highest BCUT2D eigenvalue weighted by atomic mass is 35.5. The summed E-state index contributed by atoms with van der Waals surface area (Å²) < 4.78 is 6.75. The van der Waals surface area contributed by atoms with Gasteiger partial charge in [-0.25, -0.2) is 4.98 Å². The predicted molar refractivity (Wildman–Crippen MR) is 122 cm³/mol. The number of nitrogens with zero attached hydrogens (tertiary/aromatic N) is 3. The molecule has 0 saturated carbocycles. The van der Waals surface area contributed by atoms with E-state index in [2.05, 4.69) is 13.8 Å². The predicted octanol–water partition coefficient (Wildman–Crippen LogP) is 4.73. The van der Waals surface area contributed by atoms with Crippen LogP contribution in [0.15, 0.2) is 23.0 Å². The van der Waals surface area contributed by atoms with Gasteiger partial charge in [0.05, 0.1) is 16.9 Å². The Morgan fingerprint density at radius 3 is 2.67 bits per heavy atom. The molecule has 30 heavy (non-hydrogen) atoms. The Bertz CT molecular complexity index is 912. The lowest BCUT2D eigenvalue weighted by atomic mass is 9.96. The van der Waals surface area contributed by atoms with Crippen LogP contribution < -0.4 is 5.56 Å². The lowest BCUT2D eigenvalue weighted by Crippen LogP contribution is -2.41. The maximum atomic E-state index is 13.5. The Hall–Kier alpha value is -1.92. The van der Waals surface area contributed by atoms with Crippen molar-refractivity contribution in [2.24, 2.45) is 13.0 Å². The highest BCUT2D eigenvalue weighted by molar-refractivity contribution is 6.31. The van der Waals surface area contributed by atoms with Crippen molar-refractivity contribution < 1.29 is 9.53 Å². The minimum Gasteiger partial charge on any atom is -0.385 e. The third-order valence-corrected chi connectivity index (χ3v) is 5.93. The minimum absolute atomic E-state index is 0.0260. The van der Waals surface area contributed by atoms with Crippen LogP contribution >= 0.6 is 11.6 Å². The van der Waals surface area contributed by atoms with Crippen LogP contribution in [-0.2, 0) is 16.6 Å². The van der Waals surface area contributed by atoms with Crippen LogP contribution in [0, 0.1) is 5.92 Å². The third kappa shape index (κ3) is 5.61. The summed E-state index contributed by atoms with van der Waals surface area (Å²) >= 11 is 6.12. The van der Waals surface area contributed by atoms with Crippen molar-refractivity contribution >= 4 is 28.4 Å². The molecule has 0 spiro atoms. The molecule has 1 amide bonds. The van der Waals surface area contributed by atoms with E-state index in [0.717, 1.165) is 32.1 Å².